The van der Waals surface area contributed by atoms with Gasteiger partial charge in [0.1, 0.15) is 0 Å². The Bertz CT molecular complexity index is 470. The lowest BCUT2D eigenvalue weighted by atomic mass is 10.4. The Labute approximate surface area is 111 Å². The van der Waals surface area contributed by atoms with Crippen molar-refractivity contribution in [3.05, 3.63) is 15.8 Å². The van der Waals surface area contributed by atoms with E-state index in [0.717, 1.165) is 9.75 Å². The van der Waals surface area contributed by atoms with Gasteiger partial charge >= 0.3 is 0 Å². The number of methoxy groups -OCH3 is 1. The van der Waals surface area contributed by atoms with Gasteiger partial charge in [0.15, 0.2) is 0 Å². The SMILES string of the molecule is COC(C)CNS(=O)(=O)c1cc(CCl)sc1C. The highest BCUT2D eigenvalue weighted by Crippen LogP contribution is 2.26. The van der Waals surface area contributed by atoms with Crippen molar-refractivity contribution in [2.24, 2.45) is 0 Å². The van der Waals surface area contributed by atoms with Crippen LogP contribution < -0.4 is 4.72 Å². The first-order valence-electron chi connectivity index (χ1n) is 5.08. The van der Waals surface area contributed by atoms with E-state index in [4.69, 9.17) is 16.3 Å². The van der Waals surface area contributed by atoms with Gasteiger partial charge in [0, 0.05) is 23.4 Å². The summed E-state index contributed by atoms with van der Waals surface area (Å²) >= 11 is 7.09. The topological polar surface area (TPSA) is 55.4 Å². The van der Waals surface area contributed by atoms with Gasteiger partial charge in [-0.15, -0.1) is 22.9 Å². The number of hydrogen-bond acceptors (Lipinski definition) is 4. The van der Waals surface area contributed by atoms with E-state index >= 15 is 0 Å². The lowest BCUT2D eigenvalue weighted by Crippen LogP contribution is -2.31. The largest absolute Gasteiger partial charge is 0.380 e. The van der Waals surface area contributed by atoms with E-state index < -0.39 is 10.0 Å². The van der Waals surface area contributed by atoms with Gasteiger partial charge in [-0.3, -0.25) is 0 Å². The monoisotopic (exact) mass is 297 g/mol. The number of sulfonamides is 1. The second kappa shape index (κ2) is 6.15. The zero-order valence-electron chi connectivity index (χ0n) is 9.99. The van der Waals surface area contributed by atoms with Crippen molar-refractivity contribution in [2.45, 2.75) is 30.7 Å². The smallest absolute Gasteiger partial charge is 0.241 e. The van der Waals surface area contributed by atoms with E-state index in [-0.39, 0.29) is 12.6 Å². The molecule has 1 rings (SSSR count). The molecule has 0 fully saturated rings. The molecule has 0 saturated carbocycles. The molecule has 4 nitrogen and oxygen atoms in total. The summed E-state index contributed by atoms with van der Waals surface area (Å²) in [6, 6.07) is 1.62. The van der Waals surface area contributed by atoms with Crippen LogP contribution in [0.2, 0.25) is 0 Å². The molecule has 17 heavy (non-hydrogen) atoms. The molecule has 7 heteroatoms. The Balaban J connectivity index is 2.85. The molecule has 0 amide bonds. The summed E-state index contributed by atoms with van der Waals surface area (Å²) in [5, 5.41) is 0. The van der Waals surface area contributed by atoms with Crippen LogP contribution in [0.4, 0.5) is 0 Å². The number of alkyl halides is 1. The maximum Gasteiger partial charge on any atom is 0.241 e. The van der Waals surface area contributed by atoms with Crippen molar-refractivity contribution in [3.8, 4) is 0 Å². The van der Waals surface area contributed by atoms with Crippen molar-refractivity contribution in [1.29, 1.82) is 0 Å². The molecule has 1 heterocycles. The Hall–Kier alpha value is -0.140. The first-order valence-corrected chi connectivity index (χ1v) is 7.92. The van der Waals surface area contributed by atoms with Gasteiger partial charge in [-0.1, -0.05) is 0 Å². The molecule has 1 aromatic heterocycles. The average molecular weight is 298 g/mol. The second-order valence-corrected chi connectivity index (χ2v) is 7.01. The first kappa shape index (κ1) is 14.9. The summed E-state index contributed by atoms with van der Waals surface area (Å²) in [4.78, 5) is 1.91. The predicted octanol–water partition coefficient (Wildman–Crippen LogP) is 2.11. The van der Waals surface area contributed by atoms with E-state index in [2.05, 4.69) is 4.72 Å². The Morgan fingerprint density at radius 3 is 2.71 bits per heavy atom. The number of aryl methyl sites for hydroxylation is 1. The van der Waals surface area contributed by atoms with E-state index in [1.54, 1.807) is 27.0 Å². The summed E-state index contributed by atoms with van der Waals surface area (Å²) in [5.41, 5.74) is 0. The maximum absolute atomic E-state index is 12.0. The average Bonchev–Trinajstić information content (AvgIpc) is 2.68. The van der Waals surface area contributed by atoms with Gasteiger partial charge in [-0.25, -0.2) is 13.1 Å². The fraction of sp³-hybridized carbons (Fsp3) is 0.600. The molecular formula is C10H16ClNO3S2. The van der Waals surface area contributed by atoms with E-state index in [1.807, 2.05) is 0 Å². The number of halogens is 1. The molecule has 0 radical (unpaired) electrons. The molecule has 0 aliphatic heterocycles. The quantitative estimate of drug-likeness (QED) is 0.818. The second-order valence-electron chi connectivity index (χ2n) is 3.66. The molecule has 0 aliphatic rings. The van der Waals surface area contributed by atoms with Crippen molar-refractivity contribution >= 4 is 33.0 Å². The fourth-order valence-corrected chi connectivity index (χ4v) is 4.08. The molecule has 0 spiro atoms. The van der Waals surface area contributed by atoms with Gasteiger partial charge in [-0.05, 0) is 19.9 Å². The minimum absolute atomic E-state index is 0.156. The summed E-state index contributed by atoms with van der Waals surface area (Å²) in [6.07, 6.45) is -0.156. The molecule has 1 unspecified atom stereocenters. The lowest BCUT2D eigenvalue weighted by molar-refractivity contribution is 0.122. The highest BCUT2D eigenvalue weighted by molar-refractivity contribution is 7.89. The number of hydrogen-bond donors (Lipinski definition) is 1. The van der Waals surface area contributed by atoms with Crippen LogP contribution in [0, 0.1) is 6.92 Å². The number of thiophene rings is 1. The third kappa shape index (κ3) is 3.93. The van der Waals surface area contributed by atoms with E-state index in [9.17, 15) is 8.42 Å². The number of nitrogens with one attached hydrogen (secondary N) is 1. The van der Waals surface area contributed by atoms with Crippen LogP contribution in [0.5, 0.6) is 0 Å². The Morgan fingerprint density at radius 1 is 1.59 bits per heavy atom. The molecule has 1 N–H and O–H groups in total. The Morgan fingerprint density at radius 2 is 2.24 bits per heavy atom. The van der Waals surface area contributed by atoms with Crippen LogP contribution in [0.3, 0.4) is 0 Å². The van der Waals surface area contributed by atoms with Crippen LogP contribution in [-0.4, -0.2) is 28.2 Å². The van der Waals surface area contributed by atoms with E-state index in [0.29, 0.717) is 10.8 Å². The van der Waals surface area contributed by atoms with Gasteiger partial charge in [0.05, 0.1) is 16.9 Å². The van der Waals surface area contributed by atoms with Gasteiger partial charge in [0.25, 0.3) is 0 Å². The minimum Gasteiger partial charge on any atom is -0.380 e. The molecule has 0 aliphatic carbocycles. The maximum atomic E-state index is 12.0. The van der Waals surface area contributed by atoms with Crippen molar-refractivity contribution in [3.63, 3.8) is 0 Å². The first-order chi connectivity index (χ1) is 7.90. The fourth-order valence-electron chi connectivity index (χ4n) is 1.25. The summed E-state index contributed by atoms with van der Waals surface area (Å²) in [6.45, 7) is 3.83. The lowest BCUT2D eigenvalue weighted by Gasteiger charge is -2.10. The third-order valence-electron chi connectivity index (χ3n) is 2.31. The normalized spacial score (nSPS) is 13.9. The number of rotatable bonds is 6. The molecule has 0 bridgehead atoms. The van der Waals surface area contributed by atoms with Crippen molar-refractivity contribution in [1.82, 2.24) is 4.72 Å². The van der Waals surface area contributed by atoms with Crippen molar-refractivity contribution < 1.29 is 13.2 Å². The predicted molar refractivity (Wildman–Crippen MR) is 70.3 cm³/mol. The van der Waals surface area contributed by atoms with Crippen LogP contribution >= 0.6 is 22.9 Å². The summed E-state index contributed by atoms with van der Waals surface area (Å²) < 4.78 is 31.5. The standard InChI is InChI=1S/C10H16ClNO3S2/c1-7(15-3)6-12-17(13,14)10-4-9(5-11)16-8(10)2/h4,7,12H,5-6H2,1-3H3. The molecule has 1 atom stereocenters. The zero-order valence-corrected chi connectivity index (χ0v) is 12.4. The van der Waals surface area contributed by atoms with Crippen LogP contribution in [0.25, 0.3) is 0 Å². The molecule has 0 saturated heterocycles. The third-order valence-corrected chi connectivity index (χ3v) is 5.48. The molecule has 0 aromatic carbocycles. The van der Waals surface area contributed by atoms with Gasteiger partial charge in [0.2, 0.25) is 10.0 Å². The van der Waals surface area contributed by atoms with Crippen LogP contribution in [-0.2, 0) is 20.6 Å². The Kier molecular flexibility index (Phi) is 5.40. The van der Waals surface area contributed by atoms with E-state index in [1.165, 1.54) is 11.3 Å². The van der Waals surface area contributed by atoms with Crippen LogP contribution in [0.1, 0.15) is 16.7 Å². The minimum atomic E-state index is -3.46. The van der Waals surface area contributed by atoms with Crippen molar-refractivity contribution in [2.75, 3.05) is 13.7 Å². The molecule has 98 valence electrons. The molecule has 1 aromatic rings. The van der Waals surface area contributed by atoms with Crippen LogP contribution in [0.15, 0.2) is 11.0 Å². The summed E-state index contributed by atoms with van der Waals surface area (Å²) in [7, 11) is -1.92. The van der Waals surface area contributed by atoms with Gasteiger partial charge in [-0.2, -0.15) is 0 Å². The molecular weight excluding hydrogens is 282 g/mol. The highest BCUT2D eigenvalue weighted by Gasteiger charge is 2.20. The van der Waals surface area contributed by atoms with Gasteiger partial charge < -0.3 is 4.74 Å². The number of ether oxygens (including phenoxy) is 1. The zero-order chi connectivity index (χ0) is 13.1. The highest BCUT2D eigenvalue weighted by atomic mass is 35.5. The summed E-state index contributed by atoms with van der Waals surface area (Å²) in [5.74, 6) is 0.329.